The lowest BCUT2D eigenvalue weighted by atomic mass is 10.2. The number of hydrogen-bond donors (Lipinski definition) is 1. The Labute approximate surface area is 109 Å². The molecule has 108 valence electrons. The van der Waals surface area contributed by atoms with Crippen LogP contribution in [0.4, 0.5) is 13.2 Å². The molecule has 0 saturated heterocycles. The molecule has 0 radical (unpaired) electrons. The molecule has 0 spiro atoms. The largest absolute Gasteiger partial charge is 0.416 e. The van der Waals surface area contributed by atoms with Crippen molar-refractivity contribution in [1.29, 1.82) is 0 Å². The summed E-state index contributed by atoms with van der Waals surface area (Å²) >= 11 is 0. The van der Waals surface area contributed by atoms with Crippen LogP contribution < -0.4 is 0 Å². The molecule has 0 amide bonds. The Kier molecular flexibility index (Phi) is 4.59. The minimum Gasteiger partial charge on any atom is -0.395 e. The maximum atomic E-state index is 12.4. The summed E-state index contributed by atoms with van der Waals surface area (Å²) in [6.45, 7) is 1.11. The van der Waals surface area contributed by atoms with Gasteiger partial charge in [0.25, 0.3) is 0 Å². The third-order valence-corrected chi connectivity index (χ3v) is 4.73. The van der Waals surface area contributed by atoms with Crippen LogP contribution in [0.2, 0.25) is 0 Å². The van der Waals surface area contributed by atoms with Crippen molar-refractivity contribution in [2.45, 2.75) is 24.0 Å². The molecule has 0 saturated carbocycles. The second-order valence-electron chi connectivity index (χ2n) is 4.07. The molecule has 0 aromatic heterocycles. The summed E-state index contributed by atoms with van der Waals surface area (Å²) in [6.07, 6.45) is -4.51. The molecule has 8 heteroatoms. The van der Waals surface area contributed by atoms with Gasteiger partial charge >= 0.3 is 6.18 Å². The fraction of sp³-hybridized carbons (Fsp3) is 0.455. The number of aliphatic hydroxyl groups excluding tert-OH is 1. The number of alkyl halides is 3. The lowest BCUT2D eigenvalue weighted by Gasteiger charge is -2.22. The lowest BCUT2D eigenvalue weighted by molar-refractivity contribution is -0.137. The first-order valence-corrected chi connectivity index (χ1v) is 6.81. The van der Waals surface area contributed by atoms with E-state index in [2.05, 4.69) is 0 Å². The molecular formula is C11H14F3NO3S. The molecule has 0 heterocycles. The highest BCUT2D eigenvalue weighted by molar-refractivity contribution is 7.89. The molecule has 0 aliphatic heterocycles. The summed E-state index contributed by atoms with van der Waals surface area (Å²) in [5, 5.41) is 8.91. The van der Waals surface area contributed by atoms with Crippen LogP contribution >= 0.6 is 0 Å². The van der Waals surface area contributed by atoms with E-state index in [0.29, 0.717) is 12.1 Å². The molecule has 0 aliphatic rings. The van der Waals surface area contributed by atoms with Crippen molar-refractivity contribution in [2.75, 3.05) is 13.7 Å². The Morgan fingerprint density at radius 2 is 1.74 bits per heavy atom. The highest BCUT2D eigenvalue weighted by Crippen LogP contribution is 2.30. The summed E-state index contributed by atoms with van der Waals surface area (Å²) in [4.78, 5) is -0.247. The zero-order chi connectivity index (χ0) is 14.8. The Balaban J connectivity index is 3.10. The Morgan fingerprint density at radius 3 is 2.11 bits per heavy atom. The third kappa shape index (κ3) is 3.46. The van der Waals surface area contributed by atoms with Crippen molar-refractivity contribution < 1.29 is 26.7 Å². The average molecular weight is 297 g/mol. The number of benzene rings is 1. The van der Waals surface area contributed by atoms with Crippen LogP contribution in [0, 0.1) is 0 Å². The molecular weight excluding hydrogens is 283 g/mol. The number of rotatable bonds is 4. The molecule has 1 N–H and O–H groups in total. The maximum Gasteiger partial charge on any atom is 0.416 e. The van der Waals surface area contributed by atoms with Gasteiger partial charge in [-0.25, -0.2) is 8.42 Å². The van der Waals surface area contributed by atoms with Gasteiger partial charge in [0.05, 0.1) is 17.1 Å². The van der Waals surface area contributed by atoms with Crippen LogP contribution in [0.5, 0.6) is 0 Å². The monoisotopic (exact) mass is 297 g/mol. The van der Waals surface area contributed by atoms with E-state index in [1.165, 1.54) is 14.0 Å². The van der Waals surface area contributed by atoms with Gasteiger partial charge < -0.3 is 5.11 Å². The number of hydrogen-bond acceptors (Lipinski definition) is 3. The number of nitrogens with zero attached hydrogens (tertiary/aromatic N) is 1. The first-order chi connectivity index (χ1) is 8.60. The quantitative estimate of drug-likeness (QED) is 0.920. The third-order valence-electron chi connectivity index (χ3n) is 2.74. The molecule has 1 unspecified atom stereocenters. The van der Waals surface area contributed by atoms with Gasteiger partial charge in [-0.05, 0) is 31.2 Å². The first kappa shape index (κ1) is 15.9. The van der Waals surface area contributed by atoms with Gasteiger partial charge in [-0.3, -0.25) is 0 Å². The predicted octanol–water partition coefficient (Wildman–Crippen LogP) is 1.71. The topological polar surface area (TPSA) is 57.6 Å². The molecule has 19 heavy (non-hydrogen) atoms. The van der Waals surface area contributed by atoms with E-state index in [4.69, 9.17) is 5.11 Å². The van der Waals surface area contributed by atoms with Gasteiger partial charge in [-0.2, -0.15) is 17.5 Å². The molecule has 1 aromatic rings. The second-order valence-corrected chi connectivity index (χ2v) is 6.07. The van der Waals surface area contributed by atoms with Crippen LogP contribution in [-0.2, 0) is 16.2 Å². The number of halogens is 3. The summed E-state index contributed by atoms with van der Waals surface area (Å²) in [5.41, 5.74) is -0.913. The smallest absolute Gasteiger partial charge is 0.395 e. The highest BCUT2D eigenvalue weighted by atomic mass is 32.2. The summed E-state index contributed by atoms with van der Waals surface area (Å²) in [7, 11) is -2.65. The van der Waals surface area contributed by atoms with E-state index in [1.54, 1.807) is 0 Å². The van der Waals surface area contributed by atoms with Crippen LogP contribution in [-0.4, -0.2) is 37.5 Å². The second kappa shape index (κ2) is 5.48. The number of sulfonamides is 1. The van der Waals surface area contributed by atoms with Crippen LogP contribution in [0.25, 0.3) is 0 Å². The first-order valence-electron chi connectivity index (χ1n) is 5.37. The van der Waals surface area contributed by atoms with Crippen molar-refractivity contribution in [3.63, 3.8) is 0 Å². The van der Waals surface area contributed by atoms with Crippen molar-refractivity contribution in [1.82, 2.24) is 4.31 Å². The van der Waals surface area contributed by atoms with Crippen molar-refractivity contribution in [2.24, 2.45) is 0 Å². The van der Waals surface area contributed by atoms with Gasteiger partial charge in [0.15, 0.2) is 0 Å². The highest BCUT2D eigenvalue weighted by Gasteiger charge is 2.31. The van der Waals surface area contributed by atoms with E-state index >= 15 is 0 Å². The molecule has 0 bridgehead atoms. The minimum absolute atomic E-state index is 0.247. The van der Waals surface area contributed by atoms with Gasteiger partial charge in [-0.15, -0.1) is 0 Å². The SMILES string of the molecule is CC(CO)N(C)S(=O)(=O)c1ccc(C(F)(F)F)cc1. The molecule has 0 aliphatic carbocycles. The van der Waals surface area contributed by atoms with E-state index < -0.39 is 27.8 Å². The fourth-order valence-electron chi connectivity index (χ4n) is 1.33. The normalized spacial score (nSPS) is 14.7. The van der Waals surface area contributed by atoms with Crippen molar-refractivity contribution in [3.8, 4) is 0 Å². The van der Waals surface area contributed by atoms with E-state index in [9.17, 15) is 21.6 Å². The predicted molar refractivity (Wildman–Crippen MR) is 62.9 cm³/mol. The van der Waals surface area contributed by atoms with E-state index in [-0.39, 0.29) is 11.5 Å². The molecule has 0 fully saturated rings. The average Bonchev–Trinajstić information content (AvgIpc) is 2.36. The molecule has 1 atom stereocenters. The van der Waals surface area contributed by atoms with Gasteiger partial charge in [-0.1, -0.05) is 0 Å². The van der Waals surface area contributed by atoms with E-state index in [1.807, 2.05) is 0 Å². The summed E-state index contributed by atoms with van der Waals surface area (Å²) in [5.74, 6) is 0. The Morgan fingerprint density at radius 1 is 1.26 bits per heavy atom. The molecule has 1 rings (SSSR count). The molecule has 4 nitrogen and oxygen atoms in total. The van der Waals surface area contributed by atoms with Crippen LogP contribution in [0.3, 0.4) is 0 Å². The Hall–Kier alpha value is -1.12. The zero-order valence-corrected chi connectivity index (χ0v) is 11.2. The van der Waals surface area contributed by atoms with Crippen molar-refractivity contribution in [3.05, 3.63) is 29.8 Å². The van der Waals surface area contributed by atoms with Gasteiger partial charge in [0, 0.05) is 13.1 Å². The Bertz CT molecular complexity index is 525. The lowest BCUT2D eigenvalue weighted by Crippen LogP contribution is -2.37. The molecule has 1 aromatic carbocycles. The zero-order valence-electron chi connectivity index (χ0n) is 10.3. The minimum atomic E-state index is -4.51. The van der Waals surface area contributed by atoms with Gasteiger partial charge in [0.2, 0.25) is 10.0 Å². The summed E-state index contributed by atoms with van der Waals surface area (Å²) in [6, 6.07) is 2.57. The standard InChI is InChI=1S/C11H14F3NO3S/c1-8(7-16)15(2)19(17,18)10-5-3-9(4-6-10)11(12,13)14/h3-6,8,16H,7H2,1-2H3. The number of aliphatic hydroxyl groups is 1. The van der Waals surface area contributed by atoms with Crippen LogP contribution in [0.1, 0.15) is 12.5 Å². The van der Waals surface area contributed by atoms with Crippen molar-refractivity contribution >= 4 is 10.0 Å². The van der Waals surface area contributed by atoms with Crippen LogP contribution in [0.15, 0.2) is 29.2 Å². The number of likely N-dealkylation sites (N-methyl/N-ethyl adjacent to an activating group) is 1. The van der Waals surface area contributed by atoms with E-state index in [0.717, 1.165) is 16.4 Å². The maximum absolute atomic E-state index is 12.4. The fourth-order valence-corrected chi connectivity index (χ4v) is 2.69. The summed E-state index contributed by atoms with van der Waals surface area (Å²) < 4.78 is 62.1. The van der Waals surface area contributed by atoms with Gasteiger partial charge in [0.1, 0.15) is 0 Å².